The predicted octanol–water partition coefficient (Wildman–Crippen LogP) is 2.17. The molecule has 2 aromatic heterocycles. The van der Waals surface area contributed by atoms with Gasteiger partial charge in [-0.25, -0.2) is 9.38 Å². The molecule has 0 saturated heterocycles. The molecule has 3 aromatic rings. The van der Waals surface area contributed by atoms with Crippen molar-refractivity contribution in [3.63, 3.8) is 0 Å². The molecule has 0 unspecified atom stereocenters. The largest absolute Gasteiger partial charge is 0.357 e. The molecule has 2 N–H and O–H groups in total. The second kappa shape index (κ2) is 8.23. The number of nitrogens with zero attached hydrogens (tertiary/aromatic N) is 4. The van der Waals surface area contributed by atoms with Crippen molar-refractivity contribution in [3.8, 4) is 0 Å². The van der Waals surface area contributed by atoms with Crippen molar-refractivity contribution >= 4 is 11.6 Å². The first-order valence-corrected chi connectivity index (χ1v) is 8.31. The molecule has 7 heteroatoms. The molecule has 130 valence electrons. The topological polar surface area (TPSA) is 66.6 Å². The number of hydrogen-bond donors (Lipinski definition) is 2. The molecule has 0 aliphatic carbocycles. The Bertz CT molecular complexity index is 857. The van der Waals surface area contributed by atoms with Gasteiger partial charge in [-0.1, -0.05) is 18.2 Å². The van der Waals surface area contributed by atoms with Crippen molar-refractivity contribution in [2.24, 2.45) is 4.99 Å². The number of rotatable bonds is 6. The van der Waals surface area contributed by atoms with Crippen LogP contribution in [-0.4, -0.2) is 33.6 Å². The van der Waals surface area contributed by atoms with Crippen molar-refractivity contribution in [3.05, 3.63) is 65.9 Å². The molecule has 0 aliphatic rings. The SMILES string of the molecule is CCNC(=NCc1cccc(F)c1)NCCc1nnc2ccccn12. The molecule has 1 aromatic carbocycles. The lowest BCUT2D eigenvalue weighted by Gasteiger charge is -2.11. The van der Waals surface area contributed by atoms with E-state index in [-0.39, 0.29) is 5.82 Å². The summed E-state index contributed by atoms with van der Waals surface area (Å²) in [5, 5.41) is 14.8. The number of fused-ring (bicyclic) bond motifs is 1. The first-order chi connectivity index (χ1) is 12.3. The molecule has 6 nitrogen and oxygen atoms in total. The summed E-state index contributed by atoms with van der Waals surface area (Å²) in [5.41, 5.74) is 1.67. The molecule has 3 rings (SSSR count). The molecule has 0 amide bonds. The summed E-state index contributed by atoms with van der Waals surface area (Å²) in [6.07, 6.45) is 2.67. The number of pyridine rings is 1. The monoisotopic (exact) mass is 340 g/mol. The summed E-state index contributed by atoms with van der Waals surface area (Å²) in [6, 6.07) is 12.3. The molecule has 0 aliphatic heterocycles. The van der Waals surface area contributed by atoms with E-state index in [1.54, 1.807) is 6.07 Å². The van der Waals surface area contributed by atoms with Crippen LogP contribution in [0.1, 0.15) is 18.3 Å². The van der Waals surface area contributed by atoms with E-state index in [4.69, 9.17) is 0 Å². The number of aliphatic imine (C=N–C) groups is 1. The van der Waals surface area contributed by atoms with Crippen LogP contribution >= 0.6 is 0 Å². The highest BCUT2D eigenvalue weighted by Crippen LogP contribution is 2.05. The summed E-state index contributed by atoms with van der Waals surface area (Å²) in [7, 11) is 0. The number of hydrogen-bond acceptors (Lipinski definition) is 3. The third-order valence-electron chi connectivity index (χ3n) is 3.68. The zero-order valence-corrected chi connectivity index (χ0v) is 14.1. The Morgan fingerprint density at radius 1 is 1.16 bits per heavy atom. The fourth-order valence-electron chi connectivity index (χ4n) is 2.50. The average molecular weight is 340 g/mol. The van der Waals surface area contributed by atoms with Crippen molar-refractivity contribution in [1.82, 2.24) is 25.2 Å². The van der Waals surface area contributed by atoms with Crippen LogP contribution in [0.3, 0.4) is 0 Å². The van der Waals surface area contributed by atoms with E-state index in [9.17, 15) is 4.39 Å². The Hall–Kier alpha value is -2.96. The first-order valence-electron chi connectivity index (χ1n) is 8.31. The Morgan fingerprint density at radius 2 is 2.08 bits per heavy atom. The predicted molar refractivity (Wildman–Crippen MR) is 95.9 cm³/mol. The Morgan fingerprint density at radius 3 is 2.92 bits per heavy atom. The van der Waals surface area contributed by atoms with E-state index in [2.05, 4.69) is 25.8 Å². The van der Waals surface area contributed by atoms with Gasteiger partial charge >= 0.3 is 0 Å². The summed E-state index contributed by atoms with van der Waals surface area (Å²) >= 11 is 0. The minimum atomic E-state index is -0.246. The lowest BCUT2D eigenvalue weighted by Crippen LogP contribution is -2.38. The van der Waals surface area contributed by atoms with Crippen molar-refractivity contribution in [2.75, 3.05) is 13.1 Å². The lowest BCUT2D eigenvalue weighted by atomic mass is 10.2. The van der Waals surface area contributed by atoms with Crippen molar-refractivity contribution < 1.29 is 4.39 Å². The van der Waals surface area contributed by atoms with Gasteiger partial charge in [-0.15, -0.1) is 10.2 Å². The molecule has 0 radical (unpaired) electrons. The minimum Gasteiger partial charge on any atom is -0.357 e. The van der Waals surface area contributed by atoms with Gasteiger partial charge in [-0.05, 0) is 36.8 Å². The van der Waals surface area contributed by atoms with Crippen LogP contribution in [-0.2, 0) is 13.0 Å². The second-order valence-electron chi connectivity index (χ2n) is 5.55. The van der Waals surface area contributed by atoms with Crippen LogP contribution in [0, 0.1) is 5.82 Å². The van der Waals surface area contributed by atoms with Gasteiger partial charge < -0.3 is 10.6 Å². The summed E-state index contributed by atoms with van der Waals surface area (Å²) in [5.74, 6) is 1.34. The van der Waals surface area contributed by atoms with Crippen LogP contribution in [0.15, 0.2) is 53.7 Å². The van der Waals surface area contributed by atoms with E-state index in [0.717, 1.165) is 30.0 Å². The zero-order valence-electron chi connectivity index (χ0n) is 14.1. The molecular formula is C18H21FN6. The van der Waals surface area contributed by atoms with Crippen molar-refractivity contribution in [1.29, 1.82) is 0 Å². The van der Waals surface area contributed by atoms with Gasteiger partial charge in [-0.3, -0.25) is 4.40 Å². The van der Waals surface area contributed by atoms with Crippen LogP contribution in [0.2, 0.25) is 0 Å². The number of benzene rings is 1. The highest BCUT2D eigenvalue weighted by molar-refractivity contribution is 5.79. The number of aromatic nitrogens is 3. The van der Waals surface area contributed by atoms with Crippen molar-refractivity contribution in [2.45, 2.75) is 19.9 Å². The zero-order chi connectivity index (χ0) is 17.5. The molecule has 0 atom stereocenters. The molecule has 0 fully saturated rings. The van der Waals surface area contributed by atoms with Crippen LogP contribution in [0.25, 0.3) is 5.65 Å². The standard InChI is InChI=1S/C18H21FN6/c1-2-20-18(22-13-14-6-5-7-15(19)12-14)21-10-9-17-24-23-16-8-3-4-11-25(16)17/h3-8,11-12H,2,9-10,13H2,1H3,(H2,20,21,22). The van der Waals surface area contributed by atoms with E-state index >= 15 is 0 Å². The summed E-state index contributed by atoms with van der Waals surface area (Å²) in [6.45, 7) is 3.85. The minimum absolute atomic E-state index is 0.246. The van der Waals surface area contributed by atoms with E-state index in [1.807, 2.05) is 41.8 Å². The third-order valence-corrected chi connectivity index (χ3v) is 3.68. The fourth-order valence-corrected chi connectivity index (χ4v) is 2.50. The smallest absolute Gasteiger partial charge is 0.191 e. The highest BCUT2D eigenvalue weighted by Gasteiger charge is 2.05. The summed E-state index contributed by atoms with van der Waals surface area (Å²) < 4.78 is 15.2. The van der Waals surface area contributed by atoms with Gasteiger partial charge in [0.15, 0.2) is 11.6 Å². The van der Waals surface area contributed by atoms with Crippen LogP contribution in [0.5, 0.6) is 0 Å². The highest BCUT2D eigenvalue weighted by atomic mass is 19.1. The maximum absolute atomic E-state index is 13.2. The molecule has 2 heterocycles. The Labute approximate surface area is 145 Å². The quantitative estimate of drug-likeness (QED) is 0.533. The maximum Gasteiger partial charge on any atom is 0.191 e. The number of guanidine groups is 1. The molecule has 0 bridgehead atoms. The van der Waals surface area contributed by atoms with Gasteiger partial charge in [0.05, 0.1) is 6.54 Å². The van der Waals surface area contributed by atoms with Gasteiger partial charge in [0.2, 0.25) is 0 Å². The van der Waals surface area contributed by atoms with Gasteiger partial charge in [-0.2, -0.15) is 0 Å². The van der Waals surface area contributed by atoms with Gasteiger partial charge in [0, 0.05) is 25.7 Å². The summed E-state index contributed by atoms with van der Waals surface area (Å²) in [4.78, 5) is 4.49. The molecular weight excluding hydrogens is 319 g/mol. The Kier molecular flexibility index (Phi) is 5.56. The van der Waals surface area contributed by atoms with Gasteiger partial charge in [0.1, 0.15) is 11.6 Å². The Balaban J connectivity index is 1.59. The fraction of sp³-hybridized carbons (Fsp3) is 0.278. The maximum atomic E-state index is 13.2. The molecule has 0 spiro atoms. The average Bonchev–Trinajstić information content (AvgIpc) is 3.03. The number of halogens is 1. The normalized spacial score (nSPS) is 11.7. The van der Waals surface area contributed by atoms with Crippen LogP contribution in [0.4, 0.5) is 4.39 Å². The first kappa shape index (κ1) is 16.9. The van der Waals surface area contributed by atoms with Gasteiger partial charge in [0.25, 0.3) is 0 Å². The third kappa shape index (κ3) is 4.53. The lowest BCUT2D eigenvalue weighted by molar-refractivity contribution is 0.625. The van der Waals surface area contributed by atoms with E-state index in [0.29, 0.717) is 19.0 Å². The molecule has 0 saturated carbocycles. The number of nitrogens with one attached hydrogen (secondary N) is 2. The molecule has 25 heavy (non-hydrogen) atoms. The van der Waals surface area contributed by atoms with E-state index in [1.165, 1.54) is 12.1 Å². The van der Waals surface area contributed by atoms with E-state index < -0.39 is 0 Å². The van der Waals surface area contributed by atoms with Crippen LogP contribution < -0.4 is 10.6 Å². The second-order valence-corrected chi connectivity index (χ2v) is 5.55.